The molecule has 0 bridgehead atoms. The molecule has 1 N–H and O–H groups in total. The van der Waals surface area contributed by atoms with Crippen molar-refractivity contribution in [2.45, 2.75) is 26.2 Å². The molecule has 0 saturated heterocycles. The maximum atomic E-state index is 3.47. The summed E-state index contributed by atoms with van der Waals surface area (Å²) in [5, 5.41) is 3.47. The average molecular weight is 239 g/mol. The van der Waals surface area contributed by atoms with Crippen molar-refractivity contribution in [3.63, 3.8) is 0 Å². The number of benzene rings is 2. The summed E-state index contributed by atoms with van der Waals surface area (Å²) in [5.74, 6) is 0. The fourth-order valence-electron chi connectivity index (χ4n) is 2.09. The number of hydrogen-bond donors (Lipinski definition) is 1. The van der Waals surface area contributed by atoms with Crippen molar-refractivity contribution in [3.05, 3.63) is 65.7 Å². The molecule has 0 spiro atoms. The highest BCUT2D eigenvalue weighted by atomic mass is 14.9. The van der Waals surface area contributed by atoms with Gasteiger partial charge in [0.2, 0.25) is 0 Å². The summed E-state index contributed by atoms with van der Waals surface area (Å²) in [6, 6.07) is 19.2. The minimum absolute atomic E-state index is 1.05. The van der Waals surface area contributed by atoms with Gasteiger partial charge in [-0.3, -0.25) is 0 Å². The van der Waals surface area contributed by atoms with Gasteiger partial charge in [0, 0.05) is 12.2 Å². The van der Waals surface area contributed by atoms with E-state index in [4.69, 9.17) is 0 Å². The molecule has 18 heavy (non-hydrogen) atoms. The molecule has 2 aromatic rings. The van der Waals surface area contributed by atoms with Gasteiger partial charge < -0.3 is 5.32 Å². The lowest BCUT2D eigenvalue weighted by Gasteiger charge is -2.07. The van der Waals surface area contributed by atoms with Crippen LogP contribution in [0.4, 0.5) is 5.69 Å². The van der Waals surface area contributed by atoms with E-state index < -0.39 is 0 Å². The summed E-state index contributed by atoms with van der Waals surface area (Å²) in [6.07, 6.45) is 3.63. The van der Waals surface area contributed by atoms with Gasteiger partial charge >= 0.3 is 0 Å². The summed E-state index contributed by atoms with van der Waals surface area (Å²) in [7, 11) is 0. The zero-order valence-corrected chi connectivity index (χ0v) is 11.0. The van der Waals surface area contributed by atoms with Crippen LogP contribution in [0.25, 0.3) is 0 Å². The molecule has 0 fully saturated rings. The van der Waals surface area contributed by atoms with E-state index in [0.29, 0.717) is 0 Å². The maximum Gasteiger partial charge on any atom is 0.0342 e. The first-order chi connectivity index (χ1) is 8.84. The Balaban J connectivity index is 1.65. The van der Waals surface area contributed by atoms with E-state index in [2.05, 4.69) is 66.8 Å². The highest BCUT2D eigenvalue weighted by molar-refractivity contribution is 5.45. The van der Waals surface area contributed by atoms with Gasteiger partial charge in [0.25, 0.3) is 0 Å². The van der Waals surface area contributed by atoms with Crippen molar-refractivity contribution in [3.8, 4) is 0 Å². The Morgan fingerprint density at radius 2 is 1.72 bits per heavy atom. The van der Waals surface area contributed by atoms with Gasteiger partial charge in [0.15, 0.2) is 0 Å². The molecule has 94 valence electrons. The monoisotopic (exact) mass is 239 g/mol. The quantitative estimate of drug-likeness (QED) is 0.735. The first-order valence-electron chi connectivity index (χ1n) is 6.69. The van der Waals surface area contributed by atoms with Gasteiger partial charge in [-0.1, -0.05) is 42.5 Å². The maximum absolute atomic E-state index is 3.47. The van der Waals surface area contributed by atoms with Crippen molar-refractivity contribution in [2.75, 3.05) is 11.9 Å². The van der Waals surface area contributed by atoms with Crippen LogP contribution in [-0.4, -0.2) is 6.54 Å². The first kappa shape index (κ1) is 12.7. The van der Waals surface area contributed by atoms with Crippen molar-refractivity contribution in [1.29, 1.82) is 0 Å². The largest absolute Gasteiger partial charge is 0.385 e. The van der Waals surface area contributed by atoms with Gasteiger partial charge in [0.1, 0.15) is 0 Å². The lowest BCUT2D eigenvalue weighted by molar-refractivity contribution is 0.763. The molecule has 0 heterocycles. The van der Waals surface area contributed by atoms with E-state index in [-0.39, 0.29) is 0 Å². The van der Waals surface area contributed by atoms with E-state index in [9.17, 15) is 0 Å². The third-order valence-corrected chi connectivity index (χ3v) is 3.08. The first-order valence-corrected chi connectivity index (χ1v) is 6.69. The number of unbranched alkanes of at least 4 members (excludes halogenated alkanes) is 1. The van der Waals surface area contributed by atoms with Crippen LogP contribution < -0.4 is 5.32 Å². The fourth-order valence-corrected chi connectivity index (χ4v) is 2.09. The van der Waals surface area contributed by atoms with E-state index in [0.717, 1.165) is 6.54 Å². The van der Waals surface area contributed by atoms with Crippen LogP contribution in [0.1, 0.15) is 24.0 Å². The van der Waals surface area contributed by atoms with Gasteiger partial charge in [0.05, 0.1) is 0 Å². The van der Waals surface area contributed by atoms with Crippen LogP contribution in [0.3, 0.4) is 0 Å². The van der Waals surface area contributed by atoms with E-state index in [1.54, 1.807) is 0 Å². The fraction of sp³-hybridized carbons (Fsp3) is 0.294. The van der Waals surface area contributed by atoms with E-state index >= 15 is 0 Å². The van der Waals surface area contributed by atoms with Crippen molar-refractivity contribution in [2.24, 2.45) is 0 Å². The number of aryl methyl sites for hydroxylation is 2. The number of anilines is 1. The van der Waals surface area contributed by atoms with E-state index in [1.807, 2.05) is 0 Å². The third kappa shape index (κ3) is 4.25. The minimum Gasteiger partial charge on any atom is -0.385 e. The molecule has 0 aliphatic rings. The molecule has 0 radical (unpaired) electrons. The predicted octanol–water partition coefficient (Wildman–Crippen LogP) is 4.43. The number of nitrogens with one attached hydrogen (secondary N) is 1. The molecular formula is C17H21N. The zero-order chi connectivity index (χ0) is 12.6. The third-order valence-electron chi connectivity index (χ3n) is 3.08. The van der Waals surface area contributed by atoms with Gasteiger partial charge in [-0.25, -0.2) is 0 Å². The second kappa shape index (κ2) is 6.85. The molecule has 0 aliphatic carbocycles. The Morgan fingerprint density at radius 3 is 2.50 bits per heavy atom. The number of rotatable bonds is 6. The summed E-state index contributed by atoms with van der Waals surface area (Å²) in [4.78, 5) is 0. The second-order valence-corrected chi connectivity index (χ2v) is 4.74. The molecule has 2 rings (SSSR count). The minimum atomic E-state index is 1.05. The predicted molar refractivity (Wildman–Crippen MR) is 79.0 cm³/mol. The van der Waals surface area contributed by atoms with Gasteiger partial charge in [-0.05, 0) is 49.4 Å². The Bertz CT molecular complexity index is 462. The number of hydrogen-bond acceptors (Lipinski definition) is 1. The molecule has 0 aliphatic heterocycles. The van der Waals surface area contributed by atoms with Crippen molar-refractivity contribution >= 4 is 5.69 Å². The molecule has 1 nitrogen and oxygen atoms in total. The standard InChI is InChI=1S/C17H21N/c1-15-8-7-12-17(14-15)18-13-6-5-11-16-9-3-2-4-10-16/h2-4,7-10,12,14,18H,5-6,11,13H2,1H3. The highest BCUT2D eigenvalue weighted by Crippen LogP contribution is 2.10. The van der Waals surface area contributed by atoms with Gasteiger partial charge in [-0.2, -0.15) is 0 Å². The smallest absolute Gasteiger partial charge is 0.0342 e. The lowest BCUT2D eigenvalue weighted by atomic mass is 10.1. The summed E-state index contributed by atoms with van der Waals surface area (Å²) < 4.78 is 0. The summed E-state index contributed by atoms with van der Waals surface area (Å²) >= 11 is 0. The molecule has 1 heteroatoms. The Morgan fingerprint density at radius 1 is 0.889 bits per heavy atom. The molecule has 0 amide bonds. The Labute approximate surface area is 110 Å². The topological polar surface area (TPSA) is 12.0 Å². The molecule has 0 unspecified atom stereocenters. The molecule has 0 atom stereocenters. The van der Waals surface area contributed by atoms with Crippen LogP contribution >= 0.6 is 0 Å². The lowest BCUT2D eigenvalue weighted by Crippen LogP contribution is -2.02. The van der Waals surface area contributed by atoms with Crippen LogP contribution in [0.15, 0.2) is 54.6 Å². The Hall–Kier alpha value is -1.76. The second-order valence-electron chi connectivity index (χ2n) is 4.74. The zero-order valence-electron chi connectivity index (χ0n) is 11.0. The summed E-state index contributed by atoms with van der Waals surface area (Å²) in [6.45, 7) is 3.18. The van der Waals surface area contributed by atoms with Crippen molar-refractivity contribution in [1.82, 2.24) is 0 Å². The average Bonchev–Trinajstić information content (AvgIpc) is 2.40. The van der Waals surface area contributed by atoms with Crippen LogP contribution in [-0.2, 0) is 6.42 Å². The van der Waals surface area contributed by atoms with Crippen LogP contribution in [0.2, 0.25) is 0 Å². The molecule has 0 saturated carbocycles. The summed E-state index contributed by atoms with van der Waals surface area (Å²) in [5.41, 5.74) is 3.98. The van der Waals surface area contributed by atoms with E-state index in [1.165, 1.54) is 36.1 Å². The molecule has 0 aromatic heterocycles. The Kier molecular flexibility index (Phi) is 4.83. The molecule has 2 aromatic carbocycles. The van der Waals surface area contributed by atoms with Crippen LogP contribution in [0.5, 0.6) is 0 Å². The highest BCUT2D eigenvalue weighted by Gasteiger charge is 1.94. The van der Waals surface area contributed by atoms with Crippen molar-refractivity contribution < 1.29 is 0 Å². The van der Waals surface area contributed by atoms with Crippen LogP contribution in [0, 0.1) is 6.92 Å². The normalized spacial score (nSPS) is 10.3. The molecular weight excluding hydrogens is 218 g/mol. The van der Waals surface area contributed by atoms with Gasteiger partial charge in [-0.15, -0.1) is 0 Å². The SMILES string of the molecule is Cc1cccc(NCCCCc2ccccc2)c1.